The third-order valence-corrected chi connectivity index (χ3v) is 25.6. The van der Waals surface area contributed by atoms with Crippen LogP contribution in [0.3, 0.4) is 0 Å². The quantitative estimate of drug-likeness (QED) is 0.0260. The molecule has 1 fully saturated rings. The average molecular weight is 2030 g/mol. The number of aryl methyl sites for hydroxylation is 4. The second-order valence-electron chi connectivity index (χ2n) is 33.4. The first-order valence-corrected chi connectivity index (χ1v) is 43.0. The summed E-state index contributed by atoms with van der Waals surface area (Å²) < 4.78 is 28.1. The van der Waals surface area contributed by atoms with Gasteiger partial charge < -0.3 is 78.2 Å². The molecule has 6 N–H and O–H groups in total. The molecule has 644 valence electrons. The van der Waals surface area contributed by atoms with E-state index in [1.165, 1.54) is 44.5 Å². The van der Waals surface area contributed by atoms with Crippen molar-refractivity contribution in [1.82, 2.24) is 9.13 Å². The second kappa shape index (κ2) is 39.9. The van der Waals surface area contributed by atoms with E-state index in [-0.39, 0.29) is 117 Å². The number of phenolic OH excluding ortho intramolecular Hbond substituents is 4. The van der Waals surface area contributed by atoms with Gasteiger partial charge in [-0.05, 0) is 204 Å². The molecule has 3 aliphatic carbocycles. The van der Waals surface area contributed by atoms with E-state index in [2.05, 4.69) is 292 Å². The third kappa shape index (κ3) is 17.3. The first-order chi connectivity index (χ1) is 60.4. The molecule has 0 aliphatic heterocycles. The van der Waals surface area contributed by atoms with E-state index in [1.54, 1.807) is 0 Å². The number of ether oxygens (including phenoxy) is 4. The summed E-state index contributed by atoms with van der Waals surface area (Å²) in [6, 6.07) is 117. The SMILES string of the molecule is Cc1cc(-c2ccccc2OC[C@@H]2CCCC[C@H]2COc2ccccc2-c2cc(C)cc(-n3c4ccccc4c4ccccc43)c2O)c(O)c(-n2c3ccccc3c3ccccc32)c1.Cc1cc(-c2ccccc2[OH+]CCC[OH+]c2ccccc2-c2cc(C)cc(C3c4ccccc4-c4ccccc43)c2O)c(O)c(C2c3ccccc3-c3ccccc32)c1.[CH3-].[CH3-].[CH3-].[CH3-].[Hf].[Hf]. The maximum Gasteiger partial charge on any atom is 0.262 e. The van der Waals surface area contributed by atoms with Crippen molar-refractivity contribution in [3.63, 3.8) is 0 Å². The molecule has 2 aromatic heterocycles. The second-order valence-corrected chi connectivity index (χ2v) is 33.4. The minimum Gasteiger partial charge on any atom is -0.582 e. The van der Waals surface area contributed by atoms with E-state index in [0.717, 1.165) is 188 Å². The van der Waals surface area contributed by atoms with Gasteiger partial charge in [0.25, 0.3) is 11.5 Å². The summed E-state index contributed by atoms with van der Waals surface area (Å²) in [6.07, 6.45) is 5.13. The van der Waals surface area contributed by atoms with Gasteiger partial charge in [-0.2, -0.15) is 0 Å². The van der Waals surface area contributed by atoms with Gasteiger partial charge in [-0.25, -0.2) is 0 Å². The summed E-state index contributed by atoms with van der Waals surface area (Å²) in [4.78, 5) is 0. The number of benzene rings is 16. The van der Waals surface area contributed by atoms with Crippen LogP contribution >= 0.6 is 0 Å². The van der Waals surface area contributed by atoms with E-state index in [4.69, 9.17) is 18.9 Å². The number of hydrogen-bond acceptors (Lipinski definition) is 6. The number of nitrogens with zero attached hydrogens (tertiary/aromatic N) is 2. The number of fused-ring (bicyclic) bond motifs is 12. The Morgan fingerprint density at radius 3 is 0.876 bits per heavy atom. The molecule has 10 nitrogen and oxygen atoms in total. The van der Waals surface area contributed by atoms with Gasteiger partial charge in [0.05, 0.1) is 57.8 Å². The van der Waals surface area contributed by atoms with Crippen molar-refractivity contribution < 1.29 is 91.1 Å². The molecule has 0 saturated heterocycles. The van der Waals surface area contributed by atoms with Crippen LogP contribution in [0.15, 0.2) is 340 Å². The van der Waals surface area contributed by atoms with Gasteiger partial charge in [0, 0.05) is 142 Å². The zero-order valence-electron chi connectivity index (χ0n) is 74.4. The smallest absolute Gasteiger partial charge is 0.262 e. The van der Waals surface area contributed by atoms with E-state index < -0.39 is 0 Å². The molecule has 3 aliphatic rings. The molecule has 0 spiro atoms. The van der Waals surface area contributed by atoms with Gasteiger partial charge in [-0.1, -0.05) is 255 Å². The van der Waals surface area contributed by atoms with Crippen LogP contribution in [-0.2, 0) is 51.7 Å². The maximum absolute atomic E-state index is 12.2. The number of hydrogen-bond donors (Lipinski definition) is 4. The van der Waals surface area contributed by atoms with Crippen LogP contribution < -0.4 is 9.47 Å². The zero-order valence-corrected chi connectivity index (χ0v) is 81.6. The summed E-state index contributed by atoms with van der Waals surface area (Å²) in [5, 5.41) is 53.2. The Kier molecular flexibility index (Phi) is 28.6. The van der Waals surface area contributed by atoms with E-state index in [9.17, 15) is 20.4 Å². The molecule has 21 rings (SSSR count). The standard InChI is InChI=1S/C58H50N2O4.C55H44O4.4CH3.2Hf/c1-37-31-47(57(61)53(33-37)59-49-25-11-5-19-41(49)42-20-6-12-26-50(42)59)45-23-9-15-29-55(45)63-35-39-17-3-4-18-40(39)36-64-56-30-16-10-24-46(56)48-32-38(2)34-54(58(48)62)60-51-27-13-7-21-43(51)44-22-8-14-28-52(44)60;1-34-30-46(54(56)48(32-34)52-42-22-7-3-16-36(42)37-17-4-8-23-43(37)52)40-20-11-13-26-50(40)58-28-15-29-59-51-27-14-12-21-41(51)47-31-35(2)33-49(55(47)57)53-44-24-9-5-18-38(44)39-19-6-10-25-45(39)53;;;;;;/h5-16,19-34,39-40,61-62H,3-4,17-18,35-36H2,1-2H3;3-14,16-27,30-33,52-53,56-57H,15,28-29H2,1-2H3;4*1H3;;/q;;4*-1;;/p+2/t39-,40-;;;;;;;/m0......./s1. The molecule has 0 bridgehead atoms. The fourth-order valence-corrected chi connectivity index (χ4v) is 20.0. The van der Waals surface area contributed by atoms with Crippen LogP contribution in [0.5, 0.6) is 46.0 Å². The van der Waals surface area contributed by atoms with Crippen molar-refractivity contribution in [3.05, 3.63) is 425 Å². The number of aromatic hydroxyl groups is 6. The normalized spacial score (nSPS) is 13.5. The summed E-state index contributed by atoms with van der Waals surface area (Å²) in [5.74, 6) is 4.68. The summed E-state index contributed by atoms with van der Waals surface area (Å²) in [5.41, 5.74) is 28.2. The number of rotatable bonds is 20. The van der Waals surface area contributed by atoms with Gasteiger partial charge in [0.1, 0.15) is 40.9 Å². The monoisotopic (exact) mass is 2030 g/mol. The van der Waals surface area contributed by atoms with Crippen LogP contribution in [0, 0.1) is 69.2 Å². The van der Waals surface area contributed by atoms with Crippen LogP contribution in [0.4, 0.5) is 0 Å². The van der Waals surface area contributed by atoms with Crippen LogP contribution in [0.1, 0.15) is 99.6 Å². The van der Waals surface area contributed by atoms with E-state index >= 15 is 0 Å². The average Bonchev–Trinajstić information content (AvgIpc) is 1.60. The van der Waals surface area contributed by atoms with Gasteiger partial charge in [0.2, 0.25) is 0 Å². The van der Waals surface area contributed by atoms with Crippen molar-refractivity contribution in [2.75, 3.05) is 26.4 Å². The molecule has 2 heterocycles. The van der Waals surface area contributed by atoms with Gasteiger partial charge in [-0.3, -0.25) is 0 Å². The molecule has 0 radical (unpaired) electrons. The van der Waals surface area contributed by atoms with Crippen LogP contribution in [0.25, 0.3) is 122 Å². The van der Waals surface area contributed by atoms with E-state index in [1.807, 2.05) is 84.9 Å². The molecule has 129 heavy (non-hydrogen) atoms. The number of para-hydroxylation sites is 8. The molecular weight excluding hydrogens is 1920 g/mol. The van der Waals surface area contributed by atoms with Crippen molar-refractivity contribution >= 4 is 43.6 Å². The number of phenols is 4. The fraction of sp³-hybridized carbons (Fsp3) is 0.145. The first kappa shape index (κ1) is 92.4. The first-order valence-electron chi connectivity index (χ1n) is 43.0. The van der Waals surface area contributed by atoms with Gasteiger partial charge in [0.15, 0.2) is 13.2 Å². The van der Waals surface area contributed by atoms with Gasteiger partial charge in [-0.15, -0.1) is 0 Å². The van der Waals surface area contributed by atoms with Crippen LogP contribution in [-0.4, -0.2) is 65.5 Å². The van der Waals surface area contributed by atoms with Crippen molar-refractivity contribution in [3.8, 4) is 124 Å². The molecule has 12 heteroatoms. The maximum atomic E-state index is 12.2. The molecule has 1 saturated carbocycles. The van der Waals surface area contributed by atoms with E-state index in [0.29, 0.717) is 37.9 Å². The summed E-state index contributed by atoms with van der Waals surface area (Å²) in [7, 11) is 0. The fourth-order valence-electron chi connectivity index (χ4n) is 20.0. The van der Waals surface area contributed by atoms with Crippen molar-refractivity contribution in [2.45, 2.75) is 71.6 Å². The van der Waals surface area contributed by atoms with Gasteiger partial charge >= 0.3 is 0 Å². The Labute approximate surface area is 796 Å². The predicted octanol–water partition coefficient (Wildman–Crippen LogP) is 29.2. The summed E-state index contributed by atoms with van der Waals surface area (Å²) >= 11 is 0. The topological polar surface area (TPSA) is 135 Å². The Balaban J connectivity index is 0.000000200. The molecule has 2 atom stereocenters. The Bertz CT molecular complexity index is 6500. The molecule has 0 amide bonds. The molecular formula is C117H108Hf2N2O8-2. The van der Waals surface area contributed by atoms with Crippen molar-refractivity contribution in [1.29, 1.82) is 0 Å². The molecule has 18 aromatic rings. The van der Waals surface area contributed by atoms with Crippen LogP contribution in [0.2, 0.25) is 0 Å². The largest absolute Gasteiger partial charge is 0.582 e. The number of aliphatic hydroxyl groups is 2. The Hall–Kier alpha value is -12.7. The zero-order chi connectivity index (χ0) is 83.3. The predicted molar refractivity (Wildman–Crippen MR) is 527 cm³/mol. The number of aromatic nitrogens is 2. The van der Waals surface area contributed by atoms with Crippen molar-refractivity contribution in [2.24, 2.45) is 11.8 Å². The molecule has 16 aromatic carbocycles. The Morgan fingerprint density at radius 2 is 0.543 bits per heavy atom. The summed E-state index contributed by atoms with van der Waals surface area (Å²) in [6.45, 7) is 10.6. The third-order valence-electron chi connectivity index (χ3n) is 25.6. The molecule has 0 unspecified atom stereocenters. The minimum absolute atomic E-state index is 0. The minimum atomic E-state index is -0.0564. The Morgan fingerprint density at radius 1 is 0.279 bits per heavy atom.